The summed E-state index contributed by atoms with van der Waals surface area (Å²) in [6.07, 6.45) is 1.83. The lowest BCUT2D eigenvalue weighted by atomic mass is 9.98. The highest BCUT2D eigenvalue weighted by Crippen LogP contribution is 2.17. The topological polar surface area (TPSA) is 87.7 Å². The number of benzene rings is 2. The molecule has 174 valence electrons. The Hall–Kier alpha value is -2.49. The molecule has 7 nitrogen and oxygen atoms in total. The zero-order valence-electron chi connectivity index (χ0n) is 18.2. The predicted molar refractivity (Wildman–Crippen MR) is 120 cm³/mol. The minimum absolute atomic E-state index is 0.103. The van der Waals surface area contributed by atoms with Gasteiger partial charge in [-0.2, -0.15) is 0 Å². The smallest absolute Gasteiger partial charge is 0.240 e. The van der Waals surface area contributed by atoms with Crippen molar-refractivity contribution < 1.29 is 22.3 Å². The summed E-state index contributed by atoms with van der Waals surface area (Å²) in [5, 5.41) is 2.82. The van der Waals surface area contributed by atoms with Crippen LogP contribution in [0.5, 0.6) is 5.75 Å². The number of likely N-dealkylation sites (tertiary alicyclic amines) is 1. The van der Waals surface area contributed by atoms with Crippen molar-refractivity contribution >= 4 is 15.9 Å². The van der Waals surface area contributed by atoms with Crippen molar-refractivity contribution in [3.8, 4) is 5.75 Å². The molecule has 0 spiro atoms. The van der Waals surface area contributed by atoms with Gasteiger partial charge in [0.05, 0.1) is 18.0 Å². The fraction of sp³-hybridized carbons (Fsp3) is 0.435. The molecule has 32 heavy (non-hydrogen) atoms. The molecule has 2 N–H and O–H groups in total. The molecule has 0 bridgehead atoms. The van der Waals surface area contributed by atoms with Crippen LogP contribution in [0.1, 0.15) is 18.4 Å². The number of aryl methyl sites for hydroxylation is 1. The van der Waals surface area contributed by atoms with Crippen LogP contribution < -0.4 is 14.8 Å². The molecule has 1 aliphatic rings. The van der Waals surface area contributed by atoms with Crippen LogP contribution in [0.15, 0.2) is 53.4 Å². The Labute approximate surface area is 189 Å². The molecule has 0 radical (unpaired) electrons. The molecule has 1 unspecified atom stereocenters. The molecule has 0 aromatic heterocycles. The minimum Gasteiger partial charge on any atom is -0.492 e. The highest BCUT2D eigenvalue weighted by molar-refractivity contribution is 7.89. The number of nitrogens with one attached hydrogen (secondary N) is 2. The van der Waals surface area contributed by atoms with Gasteiger partial charge < -0.3 is 10.1 Å². The molecule has 0 aliphatic carbocycles. The van der Waals surface area contributed by atoms with Crippen molar-refractivity contribution in [2.75, 3.05) is 39.3 Å². The highest BCUT2D eigenvalue weighted by atomic mass is 32.2. The lowest BCUT2D eigenvalue weighted by Gasteiger charge is -2.32. The van der Waals surface area contributed by atoms with Gasteiger partial charge in [0.2, 0.25) is 15.9 Å². The number of carbonyl (C=O) groups is 1. The molecule has 1 heterocycles. The van der Waals surface area contributed by atoms with E-state index in [1.54, 1.807) is 24.3 Å². The molecule has 1 atom stereocenters. The normalized spacial score (nSPS) is 17.1. The van der Waals surface area contributed by atoms with E-state index < -0.39 is 10.0 Å². The molecule has 2 aromatic rings. The van der Waals surface area contributed by atoms with Gasteiger partial charge >= 0.3 is 0 Å². The first kappa shape index (κ1) is 24.2. The van der Waals surface area contributed by atoms with E-state index in [-0.39, 0.29) is 29.1 Å². The number of hydrogen-bond donors (Lipinski definition) is 2. The van der Waals surface area contributed by atoms with Crippen LogP contribution in [0.4, 0.5) is 4.39 Å². The maximum absolute atomic E-state index is 12.9. The molecular weight excluding hydrogens is 433 g/mol. The van der Waals surface area contributed by atoms with E-state index in [9.17, 15) is 17.6 Å². The van der Waals surface area contributed by atoms with Gasteiger partial charge in [0.1, 0.15) is 18.2 Å². The summed E-state index contributed by atoms with van der Waals surface area (Å²) in [7, 11) is -3.54. The van der Waals surface area contributed by atoms with E-state index in [2.05, 4.69) is 10.0 Å². The molecule has 3 rings (SSSR count). The van der Waals surface area contributed by atoms with Crippen LogP contribution in [0.3, 0.4) is 0 Å². The van der Waals surface area contributed by atoms with Gasteiger partial charge in [-0.15, -0.1) is 0 Å². The SMILES string of the molecule is Cc1ccc(S(=O)(=O)NCC2CCCN(CC(=O)NCCOc3ccc(F)cc3)C2)cc1. The molecular formula is C23H30FN3O4S. The summed E-state index contributed by atoms with van der Waals surface area (Å²) in [6, 6.07) is 12.5. The second-order valence-electron chi connectivity index (χ2n) is 8.06. The van der Waals surface area contributed by atoms with Crippen molar-refractivity contribution in [2.45, 2.75) is 24.7 Å². The van der Waals surface area contributed by atoms with Gasteiger partial charge in [-0.3, -0.25) is 9.69 Å². The lowest BCUT2D eigenvalue weighted by molar-refractivity contribution is -0.122. The monoisotopic (exact) mass is 463 g/mol. The van der Waals surface area contributed by atoms with Crippen molar-refractivity contribution in [1.29, 1.82) is 0 Å². The first-order valence-electron chi connectivity index (χ1n) is 10.8. The van der Waals surface area contributed by atoms with Crippen LogP contribution in [0.25, 0.3) is 0 Å². The van der Waals surface area contributed by atoms with Crippen molar-refractivity contribution in [2.24, 2.45) is 5.92 Å². The standard InChI is InChI=1S/C23H30FN3O4S/c1-18-4-10-22(11-5-18)32(29,30)26-15-19-3-2-13-27(16-19)17-23(28)25-12-14-31-21-8-6-20(24)7-9-21/h4-11,19,26H,2-3,12-17H2,1H3,(H,25,28). The molecule has 1 fully saturated rings. The maximum atomic E-state index is 12.9. The average molecular weight is 464 g/mol. The minimum atomic E-state index is -3.54. The van der Waals surface area contributed by atoms with E-state index >= 15 is 0 Å². The van der Waals surface area contributed by atoms with Gasteiger partial charge in [-0.05, 0) is 68.6 Å². The summed E-state index contributed by atoms with van der Waals surface area (Å²) in [6.45, 7) is 4.63. The van der Waals surface area contributed by atoms with E-state index in [0.717, 1.165) is 24.9 Å². The predicted octanol–water partition coefficient (Wildman–Crippen LogP) is 2.32. The Bertz CT molecular complexity index is 981. The number of nitrogens with zero attached hydrogens (tertiary/aromatic N) is 1. The fourth-order valence-electron chi connectivity index (χ4n) is 3.64. The number of rotatable bonds is 10. The Kier molecular flexibility index (Phi) is 8.60. The molecule has 2 aromatic carbocycles. The van der Waals surface area contributed by atoms with Crippen LogP contribution >= 0.6 is 0 Å². The van der Waals surface area contributed by atoms with Gasteiger partial charge in [-0.1, -0.05) is 17.7 Å². The first-order chi connectivity index (χ1) is 15.3. The number of piperidine rings is 1. The summed E-state index contributed by atoms with van der Waals surface area (Å²) < 4.78 is 46.0. The Morgan fingerprint density at radius 3 is 2.59 bits per heavy atom. The van der Waals surface area contributed by atoms with Crippen LogP contribution in [0.2, 0.25) is 0 Å². The number of amides is 1. The summed E-state index contributed by atoms with van der Waals surface area (Å²) >= 11 is 0. The summed E-state index contributed by atoms with van der Waals surface area (Å²) in [5.74, 6) is 0.272. The van der Waals surface area contributed by atoms with Gasteiger partial charge in [0.15, 0.2) is 0 Å². The van der Waals surface area contributed by atoms with E-state index in [1.165, 1.54) is 24.3 Å². The number of sulfonamides is 1. The second kappa shape index (κ2) is 11.4. The second-order valence-corrected chi connectivity index (χ2v) is 9.83. The largest absolute Gasteiger partial charge is 0.492 e. The number of halogens is 1. The number of hydrogen-bond acceptors (Lipinski definition) is 5. The molecule has 1 aliphatic heterocycles. The van der Waals surface area contributed by atoms with Crippen molar-refractivity contribution in [1.82, 2.24) is 14.9 Å². The molecule has 0 saturated carbocycles. The number of carbonyl (C=O) groups excluding carboxylic acids is 1. The van der Waals surface area contributed by atoms with Crippen LogP contribution in [-0.2, 0) is 14.8 Å². The fourth-order valence-corrected chi connectivity index (χ4v) is 4.76. The van der Waals surface area contributed by atoms with Gasteiger partial charge in [0.25, 0.3) is 0 Å². The summed E-state index contributed by atoms with van der Waals surface area (Å²) in [4.78, 5) is 14.5. The van der Waals surface area contributed by atoms with Crippen molar-refractivity contribution in [3.05, 3.63) is 59.9 Å². The Balaban J connectivity index is 1.37. The zero-order valence-corrected chi connectivity index (χ0v) is 19.0. The van der Waals surface area contributed by atoms with Gasteiger partial charge in [-0.25, -0.2) is 17.5 Å². The third kappa shape index (κ3) is 7.58. The summed E-state index contributed by atoms with van der Waals surface area (Å²) in [5.41, 5.74) is 1.01. The van der Waals surface area contributed by atoms with E-state index in [1.807, 2.05) is 11.8 Å². The lowest BCUT2D eigenvalue weighted by Crippen LogP contribution is -2.45. The zero-order chi connectivity index (χ0) is 23.0. The van der Waals surface area contributed by atoms with Crippen molar-refractivity contribution in [3.63, 3.8) is 0 Å². The van der Waals surface area contributed by atoms with Crippen LogP contribution in [0, 0.1) is 18.7 Å². The Morgan fingerprint density at radius 1 is 1.16 bits per heavy atom. The maximum Gasteiger partial charge on any atom is 0.240 e. The quantitative estimate of drug-likeness (QED) is 0.528. The first-order valence-corrected chi connectivity index (χ1v) is 12.2. The highest BCUT2D eigenvalue weighted by Gasteiger charge is 2.23. The van der Waals surface area contributed by atoms with E-state index in [0.29, 0.717) is 32.0 Å². The number of ether oxygens (including phenoxy) is 1. The van der Waals surface area contributed by atoms with Crippen LogP contribution in [-0.4, -0.2) is 58.6 Å². The van der Waals surface area contributed by atoms with E-state index in [4.69, 9.17) is 4.74 Å². The molecule has 1 amide bonds. The third-order valence-corrected chi connectivity index (χ3v) is 6.81. The molecule has 1 saturated heterocycles. The third-order valence-electron chi connectivity index (χ3n) is 5.37. The van der Waals surface area contributed by atoms with Gasteiger partial charge in [0, 0.05) is 13.1 Å². The molecule has 9 heteroatoms. The Morgan fingerprint density at radius 2 is 1.88 bits per heavy atom. The average Bonchev–Trinajstić information content (AvgIpc) is 2.77.